The van der Waals surface area contributed by atoms with E-state index in [0.29, 0.717) is 25.5 Å². The quantitative estimate of drug-likeness (QED) is 0.631. The minimum absolute atomic E-state index is 0.234. The first kappa shape index (κ1) is 20.9. The van der Waals surface area contributed by atoms with Gasteiger partial charge in [0.15, 0.2) is 0 Å². The summed E-state index contributed by atoms with van der Waals surface area (Å²) in [5, 5.41) is 4.27. The van der Waals surface area contributed by atoms with Gasteiger partial charge in [0.05, 0.1) is 12.2 Å². The summed E-state index contributed by atoms with van der Waals surface area (Å²) in [6, 6.07) is 13.4. The van der Waals surface area contributed by atoms with E-state index in [1.54, 1.807) is 23.5 Å². The summed E-state index contributed by atoms with van der Waals surface area (Å²) in [4.78, 5) is 12.5. The highest BCUT2D eigenvalue weighted by Crippen LogP contribution is 2.28. The molecule has 1 aliphatic rings. The molecule has 0 saturated carbocycles. The molecule has 0 atom stereocenters. The predicted octanol–water partition coefficient (Wildman–Crippen LogP) is 3.06. The van der Waals surface area contributed by atoms with Crippen LogP contribution in [0.15, 0.2) is 53.6 Å². The van der Waals surface area contributed by atoms with Gasteiger partial charge in [0, 0.05) is 42.8 Å². The van der Waals surface area contributed by atoms with Crippen molar-refractivity contribution in [3.63, 3.8) is 0 Å². The van der Waals surface area contributed by atoms with Crippen LogP contribution in [0.3, 0.4) is 0 Å². The molecule has 1 aromatic carbocycles. The summed E-state index contributed by atoms with van der Waals surface area (Å²) in [5.74, 6) is 0.640. The Morgan fingerprint density at radius 2 is 1.80 bits per heavy atom. The minimum Gasteiger partial charge on any atom is -0.365 e. The van der Waals surface area contributed by atoms with Crippen LogP contribution in [0.4, 0.5) is 5.82 Å². The predicted molar refractivity (Wildman–Crippen MR) is 120 cm³/mol. The number of hydrogen-bond acceptors (Lipinski definition) is 7. The smallest absolute Gasteiger partial charge is 0.244 e. The van der Waals surface area contributed by atoms with E-state index < -0.39 is 10.0 Å². The molecule has 4 rings (SSSR count). The lowest BCUT2D eigenvalue weighted by atomic mass is 10.2. The van der Waals surface area contributed by atoms with E-state index in [9.17, 15) is 8.42 Å². The Labute approximate surface area is 181 Å². The highest BCUT2D eigenvalue weighted by atomic mass is 32.2. The van der Waals surface area contributed by atoms with Crippen LogP contribution in [0.25, 0.3) is 10.6 Å². The van der Waals surface area contributed by atoms with Crippen molar-refractivity contribution in [3.05, 3.63) is 59.2 Å². The van der Waals surface area contributed by atoms with Crippen LogP contribution in [-0.2, 0) is 16.6 Å². The number of likely N-dealkylation sites (N-methyl/N-ethyl adjacent to an activating group) is 1. The molecule has 2 aromatic heterocycles. The van der Waals surface area contributed by atoms with E-state index >= 15 is 0 Å². The maximum Gasteiger partial charge on any atom is 0.244 e. The van der Waals surface area contributed by atoms with Gasteiger partial charge in [-0.3, -0.25) is 0 Å². The van der Waals surface area contributed by atoms with E-state index in [-0.39, 0.29) is 4.90 Å². The van der Waals surface area contributed by atoms with Gasteiger partial charge in [0.2, 0.25) is 10.0 Å². The molecule has 0 amide bonds. The van der Waals surface area contributed by atoms with Crippen molar-refractivity contribution in [1.82, 2.24) is 19.2 Å². The Kier molecular flexibility index (Phi) is 6.14. The van der Waals surface area contributed by atoms with Crippen LogP contribution in [0.1, 0.15) is 10.6 Å². The lowest BCUT2D eigenvalue weighted by molar-refractivity contribution is 0.222. The molecule has 0 radical (unpaired) electrons. The van der Waals surface area contributed by atoms with Crippen LogP contribution in [-0.4, -0.2) is 60.8 Å². The molecular weight excluding hydrogens is 418 g/mol. The van der Waals surface area contributed by atoms with E-state index in [1.165, 1.54) is 10.5 Å². The summed E-state index contributed by atoms with van der Waals surface area (Å²) in [6.45, 7) is 5.09. The van der Waals surface area contributed by atoms with Gasteiger partial charge < -0.3 is 10.2 Å². The van der Waals surface area contributed by atoms with Gasteiger partial charge in [-0.25, -0.2) is 18.4 Å². The van der Waals surface area contributed by atoms with Gasteiger partial charge in [-0.2, -0.15) is 4.31 Å². The zero-order valence-corrected chi connectivity index (χ0v) is 18.7. The Morgan fingerprint density at radius 3 is 2.47 bits per heavy atom. The molecule has 1 N–H and O–H groups in total. The maximum atomic E-state index is 12.8. The third-order valence-electron chi connectivity index (χ3n) is 5.18. The summed E-state index contributed by atoms with van der Waals surface area (Å²) >= 11 is 1.65. The second kappa shape index (κ2) is 8.81. The minimum atomic E-state index is -3.49. The van der Waals surface area contributed by atoms with Crippen molar-refractivity contribution in [1.29, 1.82) is 0 Å². The molecular formula is C21H25N5O2S2. The molecule has 1 saturated heterocycles. The van der Waals surface area contributed by atoms with Crippen molar-refractivity contribution in [2.75, 3.05) is 38.5 Å². The van der Waals surface area contributed by atoms with Gasteiger partial charge in [-0.15, -0.1) is 11.3 Å². The number of rotatable bonds is 6. The Bertz CT molecular complexity index is 1090. The molecule has 0 aliphatic carbocycles. The second-order valence-electron chi connectivity index (χ2n) is 7.33. The fourth-order valence-corrected chi connectivity index (χ4v) is 5.66. The van der Waals surface area contributed by atoms with Crippen molar-refractivity contribution < 1.29 is 8.42 Å². The lowest BCUT2D eigenvalue weighted by Crippen LogP contribution is -2.47. The lowest BCUT2D eigenvalue weighted by Gasteiger charge is -2.31. The molecule has 158 valence electrons. The Balaban J connectivity index is 1.41. The first-order valence-corrected chi connectivity index (χ1v) is 12.1. The van der Waals surface area contributed by atoms with Crippen molar-refractivity contribution in [2.45, 2.75) is 18.4 Å². The molecule has 9 heteroatoms. The van der Waals surface area contributed by atoms with Crippen LogP contribution < -0.4 is 5.32 Å². The summed E-state index contributed by atoms with van der Waals surface area (Å²) in [7, 11) is -1.50. The van der Waals surface area contributed by atoms with Gasteiger partial charge in [-0.1, -0.05) is 30.3 Å². The topological polar surface area (TPSA) is 78.4 Å². The number of hydrogen-bond donors (Lipinski definition) is 1. The van der Waals surface area contributed by atoms with Gasteiger partial charge in [0.25, 0.3) is 0 Å². The number of piperazine rings is 1. The average Bonchev–Trinajstić information content (AvgIpc) is 3.14. The van der Waals surface area contributed by atoms with Gasteiger partial charge >= 0.3 is 0 Å². The molecule has 0 unspecified atom stereocenters. The Hall–Kier alpha value is -2.33. The van der Waals surface area contributed by atoms with Crippen LogP contribution >= 0.6 is 11.3 Å². The van der Waals surface area contributed by atoms with Crippen LogP contribution in [0, 0.1) is 6.92 Å². The molecule has 3 heterocycles. The van der Waals surface area contributed by atoms with Gasteiger partial charge in [-0.05, 0) is 26.1 Å². The summed E-state index contributed by atoms with van der Waals surface area (Å²) < 4.78 is 27.1. The maximum absolute atomic E-state index is 12.8. The van der Waals surface area contributed by atoms with Crippen molar-refractivity contribution >= 4 is 27.2 Å². The summed E-state index contributed by atoms with van der Waals surface area (Å²) in [6.07, 6.45) is 1.44. The zero-order chi connectivity index (χ0) is 21.1. The number of thiazole rings is 1. The number of nitrogens with one attached hydrogen (secondary N) is 1. The SMILES string of the molecule is Cc1nc(-c2ccccc2)sc1CNc1ccc(S(=O)(=O)N2CCN(C)CC2)cn1. The van der Waals surface area contributed by atoms with Crippen LogP contribution in [0.2, 0.25) is 0 Å². The van der Waals surface area contributed by atoms with Crippen molar-refractivity contribution in [2.24, 2.45) is 0 Å². The monoisotopic (exact) mass is 443 g/mol. The normalized spacial score (nSPS) is 15.9. The third kappa shape index (κ3) is 4.54. The number of anilines is 1. The molecule has 3 aromatic rings. The standard InChI is InChI=1S/C21H25N5O2S2/c1-16-19(29-21(24-16)17-6-4-3-5-7-17)15-23-20-9-8-18(14-22-20)30(27,28)26-12-10-25(2)11-13-26/h3-9,14H,10-13,15H2,1-2H3,(H,22,23). The van der Waals surface area contributed by atoms with E-state index in [4.69, 9.17) is 0 Å². The molecule has 1 aliphatic heterocycles. The molecule has 0 spiro atoms. The number of aryl methyl sites for hydroxylation is 1. The van der Waals surface area contributed by atoms with E-state index in [2.05, 4.69) is 32.3 Å². The molecule has 7 nitrogen and oxygen atoms in total. The fourth-order valence-electron chi connectivity index (χ4n) is 3.28. The number of sulfonamides is 1. The number of aromatic nitrogens is 2. The number of benzene rings is 1. The fraction of sp³-hybridized carbons (Fsp3) is 0.333. The highest BCUT2D eigenvalue weighted by molar-refractivity contribution is 7.89. The average molecular weight is 444 g/mol. The van der Waals surface area contributed by atoms with Crippen molar-refractivity contribution in [3.8, 4) is 10.6 Å². The van der Waals surface area contributed by atoms with Gasteiger partial charge in [0.1, 0.15) is 15.7 Å². The molecule has 1 fully saturated rings. The second-order valence-corrected chi connectivity index (χ2v) is 10.4. The largest absolute Gasteiger partial charge is 0.365 e. The first-order chi connectivity index (χ1) is 14.4. The van der Waals surface area contributed by atoms with E-state index in [0.717, 1.165) is 34.2 Å². The Morgan fingerprint density at radius 1 is 1.07 bits per heavy atom. The number of pyridine rings is 1. The van der Waals surface area contributed by atoms with E-state index in [1.807, 2.05) is 32.2 Å². The zero-order valence-electron chi connectivity index (χ0n) is 17.1. The first-order valence-electron chi connectivity index (χ1n) is 9.84. The highest BCUT2D eigenvalue weighted by Gasteiger charge is 2.27. The molecule has 0 bridgehead atoms. The number of nitrogens with zero attached hydrogens (tertiary/aromatic N) is 4. The van der Waals surface area contributed by atoms with Crippen LogP contribution in [0.5, 0.6) is 0 Å². The summed E-state index contributed by atoms with van der Waals surface area (Å²) in [5.41, 5.74) is 2.09. The molecule has 30 heavy (non-hydrogen) atoms. The third-order valence-corrected chi connectivity index (χ3v) is 8.27.